The van der Waals surface area contributed by atoms with E-state index in [2.05, 4.69) is 116 Å². The minimum atomic E-state index is -3.60. The smallest absolute Gasteiger partial charge is 0.388 e. The quantitative estimate of drug-likeness (QED) is 0.0360. The predicted octanol–water partition coefficient (Wildman–Crippen LogP) is 13.5. The average molecular weight is 1620 g/mol. The predicted molar refractivity (Wildman–Crippen MR) is 412 cm³/mol. The molecule has 10 unspecified atom stereocenters. The first kappa shape index (κ1) is 82.2. The molecule has 4 aliphatic carbocycles. The fourth-order valence-electron chi connectivity index (χ4n) is 18.7. The summed E-state index contributed by atoms with van der Waals surface area (Å²) < 4.78 is 117. The topological polar surface area (TPSA) is 225 Å². The van der Waals surface area contributed by atoms with Crippen molar-refractivity contribution in [1.29, 1.82) is 0 Å². The van der Waals surface area contributed by atoms with Gasteiger partial charge in [-0.25, -0.2) is 0 Å². The molecule has 2 saturated heterocycles. The third-order valence-electron chi connectivity index (χ3n) is 18.8. The van der Waals surface area contributed by atoms with E-state index < -0.39 is 142 Å². The highest BCUT2D eigenvalue weighted by atomic mass is 28.5. The number of hydrogen-bond donors (Lipinski definition) is 0. The van der Waals surface area contributed by atoms with Gasteiger partial charge in [0.15, 0.2) is 16.6 Å². The molecule has 4 bridgehead atoms. The molecule has 37 heteroatoms. The maximum absolute atomic E-state index is 13.2. The number of hydrogen-bond acceptors (Lipinski definition) is 21. The number of carbonyl (C=O) groups excluding carboxylic acids is 4. The highest BCUT2D eigenvalue weighted by Gasteiger charge is 2.69. The summed E-state index contributed by atoms with van der Waals surface area (Å²) in [5, 5.41) is 1.94. The van der Waals surface area contributed by atoms with E-state index in [-0.39, 0.29) is 76.4 Å². The lowest BCUT2D eigenvalue weighted by molar-refractivity contribution is -0.156. The molecule has 4 saturated carbocycles. The Balaban J connectivity index is 0.837. The van der Waals surface area contributed by atoms with Gasteiger partial charge in [-0.3, -0.25) is 19.2 Å². The van der Waals surface area contributed by atoms with Crippen LogP contribution in [0.2, 0.25) is 207 Å². The van der Waals surface area contributed by atoms with Gasteiger partial charge in [0, 0.05) is 0 Å². The summed E-state index contributed by atoms with van der Waals surface area (Å²) in [5.41, 5.74) is 0.365. The van der Waals surface area contributed by atoms with Crippen LogP contribution in [0, 0.1) is 47.3 Å². The molecule has 10 atom stereocenters. The minimum absolute atomic E-state index is 0.0226. The molecule has 8 rings (SSSR count). The van der Waals surface area contributed by atoms with Gasteiger partial charge < -0.3 is 71.2 Å². The van der Waals surface area contributed by atoms with Gasteiger partial charge in [0.1, 0.15) is 0 Å². The summed E-state index contributed by atoms with van der Waals surface area (Å²) >= 11 is 0. The van der Waals surface area contributed by atoms with E-state index in [1.165, 1.54) is 0 Å². The monoisotopic (exact) mass is 1620 g/mol. The van der Waals surface area contributed by atoms with Gasteiger partial charge >= 0.3 is 144 Å². The maximum atomic E-state index is 13.2. The average Bonchev–Trinajstić information content (AvgIpc) is 1.60. The molecule has 2 aromatic carbocycles. The van der Waals surface area contributed by atoms with Gasteiger partial charge in [-0.2, -0.15) is 0 Å². The van der Waals surface area contributed by atoms with Gasteiger partial charge in [0.2, 0.25) is 0 Å². The molecule has 0 spiro atoms. The fraction of sp³-hybridized carbons (Fsp3) is 0.733. The van der Waals surface area contributed by atoms with Crippen molar-refractivity contribution in [1.82, 2.24) is 0 Å². The van der Waals surface area contributed by atoms with Crippen LogP contribution in [-0.2, 0) is 90.4 Å². The van der Waals surface area contributed by atoms with E-state index in [1.807, 2.05) is 141 Å². The van der Waals surface area contributed by atoms with Crippen LogP contribution in [0.25, 0.3) is 0 Å². The molecule has 0 aromatic heterocycles. The van der Waals surface area contributed by atoms with Crippen molar-refractivity contribution in [3.63, 3.8) is 0 Å². The van der Waals surface area contributed by atoms with E-state index in [0.717, 1.165) is 36.1 Å². The number of cyclic esters (lactones) is 4. The SMILES string of the molecule is C[Si](C)(O[Si](C)(C)O[Si](C)(C)O[Si](C)(C)O[Si](C)(C)O[Si](C)(C)O[Si](C)(C)O[Si](O[Si](C)(C)C1CC2CC1C1C(=O)OC(=O)C21)(c1ccccc1)c1ccccc1)O[Si](C)(C)O[Si](C)(C)O[Si](C)(C)O[Si](C)(C)O[Si](C)(C)O[Si](C)(C)O[Si](C)(C)C1CC2CC1C1C(=O)OC(=O)C21. The Bertz CT molecular complexity index is 3170. The Labute approximate surface area is 597 Å². The summed E-state index contributed by atoms with van der Waals surface area (Å²) in [6.45, 7) is 62.4. The normalized spacial score (nSPS) is 25.9. The molecule has 0 N–H and O–H groups in total. The van der Waals surface area contributed by atoms with Crippen LogP contribution in [0.4, 0.5) is 0 Å². The van der Waals surface area contributed by atoms with E-state index in [9.17, 15) is 19.2 Å². The van der Waals surface area contributed by atoms with Crippen molar-refractivity contribution >= 4 is 171 Å². The first-order valence-electron chi connectivity index (χ1n) is 34.7. The third kappa shape index (κ3) is 20.6. The molecule has 6 fully saturated rings. The number of benzene rings is 2. The van der Waals surface area contributed by atoms with Crippen LogP contribution < -0.4 is 10.4 Å². The van der Waals surface area contributed by atoms with Crippen LogP contribution >= 0.6 is 0 Å². The van der Waals surface area contributed by atoms with E-state index in [1.54, 1.807) is 0 Å². The van der Waals surface area contributed by atoms with Crippen molar-refractivity contribution in [2.24, 2.45) is 47.3 Å². The number of ether oxygens (including phenoxy) is 2. The molecule has 2 aliphatic heterocycles. The molecular weight excluding hydrogens is 1510 g/mol. The largest absolute Gasteiger partial charge is 0.436 e. The van der Waals surface area contributed by atoms with Crippen LogP contribution in [0.3, 0.4) is 0 Å². The van der Waals surface area contributed by atoms with Gasteiger partial charge in [0.25, 0.3) is 0 Å². The van der Waals surface area contributed by atoms with Crippen molar-refractivity contribution in [2.45, 2.75) is 233 Å². The van der Waals surface area contributed by atoms with Crippen LogP contribution in [0.5, 0.6) is 0 Å². The molecule has 548 valence electrons. The molecule has 0 radical (unpaired) electrons. The standard InChI is InChI=1S/C60H118O21Si16/c1-82(2,51-43-45-41-49(51)55-53(45)57(61)65-59(55)63)67-84(5,6)69-85(7,8)70-86(9,10)71-87(11,12)72-88(13,14)73-89(15,16)74-90(17,18)75-91(19,20)76-92(21,22)77-93(23,24)78-94(25,26)79-95(27,28)80-96(29,30)81-97(47-37-33-31-34-38-47,48-39-35-32-36-40-48)68-83(3,4)52-44-46-42-50(52)56-54(46)58(62)66-60(56)64/h31-40,45-46,49-56H,41-44H2,1-30H3. The zero-order valence-corrected chi connectivity index (χ0v) is 79.9. The Morgan fingerprint density at radius 1 is 0.258 bits per heavy atom. The van der Waals surface area contributed by atoms with Crippen molar-refractivity contribution in [2.75, 3.05) is 0 Å². The first-order chi connectivity index (χ1) is 43.6. The van der Waals surface area contributed by atoms with Crippen molar-refractivity contribution in [3.8, 4) is 0 Å². The summed E-state index contributed by atoms with van der Waals surface area (Å²) in [7, 11) is -47.0. The highest BCUT2D eigenvalue weighted by Crippen LogP contribution is 2.65. The lowest BCUT2D eigenvalue weighted by Gasteiger charge is -2.47. The molecule has 21 nitrogen and oxygen atoms in total. The molecule has 6 aliphatic rings. The van der Waals surface area contributed by atoms with Crippen LogP contribution in [-0.4, -0.2) is 160 Å². The number of carbonyl (C=O) groups is 4. The second-order valence-corrected chi connectivity index (χ2v) is 93.8. The lowest BCUT2D eigenvalue weighted by Crippen LogP contribution is -2.72. The molecule has 0 amide bonds. The number of fused-ring (bicyclic) bond motifs is 10. The summed E-state index contributed by atoms with van der Waals surface area (Å²) in [5.74, 6) is -2.41. The Morgan fingerprint density at radius 3 is 0.711 bits per heavy atom. The van der Waals surface area contributed by atoms with E-state index in [4.69, 9.17) is 71.2 Å². The van der Waals surface area contributed by atoms with Crippen LogP contribution in [0.15, 0.2) is 60.7 Å². The van der Waals surface area contributed by atoms with Gasteiger partial charge in [0.05, 0.1) is 23.7 Å². The molecular formula is C60H118O21Si16. The Morgan fingerprint density at radius 2 is 0.464 bits per heavy atom. The van der Waals surface area contributed by atoms with Gasteiger partial charge in [-0.05, 0) is 267 Å². The Kier molecular flexibility index (Phi) is 23.8. The highest BCUT2D eigenvalue weighted by molar-refractivity contribution is 7.03. The second kappa shape index (κ2) is 28.1. The fourth-order valence-corrected chi connectivity index (χ4v) is 103. The number of rotatable bonds is 34. The molecule has 2 heterocycles. The summed E-state index contributed by atoms with van der Waals surface area (Å²) in [4.78, 5) is 51.3. The van der Waals surface area contributed by atoms with E-state index in [0.29, 0.717) is 0 Å². The minimum Gasteiger partial charge on any atom is -0.436 e. The lowest BCUT2D eigenvalue weighted by atomic mass is 9.81. The van der Waals surface area contributed by atoms with Crippen molar-refractivity contribution in [3.05, 3.63) is 60.7 Å². The molecule has 2 aromatic rings. The van der Waals surface area contributed by atoms with Crippen LogP contribution in [0.1, 0.15) is 25.7 Å². The zero-order chi connectivity index (χ0) is 73.2. The van der Waals surface area contributed by atoms with Crippen molar-refractivity contribution < 1.29 is 90.4 Å². The first-order valence-corrected chi connectivity index (χ1v) is 79.1. The summed E-state index contributed by atoms with van der Waals surface area (Å²) in [6.07, 6.45) is 3.42. The van der Waals surface area contributed by atoms with E-state index >= 15 is 0 Å². The number of esters is 4. The third-order valence-corrected chi connectivity index (χ3v) is 83.5. The second-order valence-electron chi connectivity index (χ2n) is 34.9. The van der Waals surface area contributed by atoms with Gasteiger partial charge in [-0.1, -0.05) is 60.7 Å². The van der Waals surface area contributed by atoms with Gasteiger partial charge in [-0.15, -0.1) is 0 Å². The Hall–Kier alpha value is -0.410. The summed E-state index contributed by atoms with van der Waals surface area (Å²) in [6, 6.07) is 20.6. The molecule has 97 heavy (non-hydrogen) atoms. The zero-order valence-electron chi connectivity index (χ0n) is 63.9. The maximum Gasteiger partial charge on any atom is 0.388 e.